The first-order chi connectivity index (χ1) is 8.99. The minimum absolute atomic E-state index is 0.126. The van der Waals surface area contributed by atoms with Gasteiger partial charge in [0.25, 0.3) is 0 Å². The van der Waals surface area contributed by atoms with E-state index in [2.05, 4.69) is 9.91 Å². The van der Waals surface area contributed by atoms with Gasteiger partial charge in [0.15, 0.2) is 0 Å². The van der Waals surface area contributed by atoms with Crippen molar-refractivity contribution < 1.29 is 17.9 Å². The van der Waals surface area contributed by atoms with Crippen LogP contribution < -0.4 is 4.74 Å². The molecule has 0 unspecified atom stereocenters. The molecular formula is C13H8F3NO2. The third kappa shape index (κ3) is 3.31. The molecule has 2 aromatic carbocycles. The van der Waals surface area contributed by atoms with Crippen LogP contribution in [0.5, 0.6) is 5.75 Å². The SMILES string of the molecule is O=Nc1ccc(-c2ccccc2)c(OC(F)(F)F)c1. The topological polar surface area (TPSA) is 38.7 Å². The lowest BCUT2D eigenvalue weighted by Crippen LogP contribution is -2.17. The highest BCUT2D eigenvalue weighted by molar-refractivity contribution is 5.72. The summed E-state index contributed by atoms with van der Waals surface area (Å²) < 4.78 is 41.0. The van der Waals surface area contributed by atoms with Crippen molar-refractivity contribution in [2.45, 2.75) is 6.36 Å². The Morgan fingerprint density at radius 1 is 1.00 bits per heavy atom. The quantitative estimate of drug-likeness (QED) is 0.759. The molecule has 0 aliphatic heterocycles. The Morgan fingerprint density at radius 2 is 1.68 bits per heavy atom. The van der Waals surface area contributed by atoms with Gasteiger partial charge in [-0.3, -0.25) is 0 Å². The van der Waals surface area contributed by atoms with Gasteiger partial charge in [-0.15, -0.1) is 18.1 Å². The Labute approximate surface area is 106 Å². The number of hydrogen-bond acceptors (Lipinski definition) is 3. The Morgan fingerprint density at radius 3 is 2.26 bits per heavy atom. The number of halogens is 3. The van der Waals surface area contributed by atoms with Gasteiger partial charge in [0.2, 0.25) is 0 Å². The summed E-state index contributed by atoms with van der Waals surface area (Å²) in [4.78, 5) is 10.4. The third-order valence-electron chi connectivity index (χ3n) is 2.38. The van der Waals surface area contributed by atoms with Crippen LogP contribution in [0.3, 0.4) is 0 Å². The van der Waals surface area contributed by atoms with Crippen LogP contribution in [-0.4, -0.2) is 6.36 Å². The van der Waals surface area contributed by atoms with Gasteiger partial charge in [0.1, 0.15) is 11.4 Å². The van der Waals surface area contributed by atoms with E-state index in [-0.39, 0.29) is 11.3 Å². The van der Waals surface area contributed by atoms with E-state index in [0.29, 0.717) is 5.56 Å². The van der Waals surface area contributed by atoms with Crippen molar-refractivity contribution in [2.75, 3.05) is 0 Å². The summed E-state index contributed by atoms with van der Waals surface area (Å²) >= 11 is 0. The van der Waals surface area contributed by atoms with E-state index < -0.39 is 12.1 Å². The predicted octanol–water partition coefficient (Wildman–Crippen LogP) is 4.65. The summed E-state index contributed by atoms with van der Waals surface area (Å²) in [6.07, 6.45) is -4.83. The molecular weight excluding hydrogens is 259 g/mol. The van der Waals surface area contributed by atoms with Gasteiger partial charge < -0.3 is 4.74 Å². The third-order valence-corrected chi connectivity index (χ3v) is 2.38. The van der Waals surface area contributed by atoms with Gasteiger partial charge in [-0.25, -0.2) is 0 Å². The van der Waals surface area contributed by atoms with Gasteiger partial charge in [-0.05, 0) is 22.9 Å². The van der Waals surface area contributed by atoms with Gasteiger partial charge in [0, 0.05) is 11.6 Å². The fourth-order valence-corrected chi connectivity index (χ4v) is 1.63. The molecule has 0 saturated carbocycles. The summed E-state index contributed by atoms with van der Waals surface area (Å²) in [7, 11) is 0. The zero-order valence-corrected chi connectivity index (χ0v) is 9.52. The monoisotopic (exact) mass is 267 g/mol. The van der Waals surface area contributed by atoms with Crippen LogP contribution in [0.25, 0.3) is 11.1 Å². The maximum atomic E-state index is 12.3. The highest BCUT2D eigenvalue weighted by atomic mass is 19.4. The first-order valence-electron chi connectivity index (χ1n) is 5.28. The molecule has 3 nitrogen and oxygen atoms in total. The van der Waals surface area contributed by atoms with Crippen molar-refractivity contribution in [3.8, 4) is 16.9 Å². The van der Waals surface area contributed by atoms with E-state index in [0.717, 1.165) is 6.07 Å². The number of hydrogen-bond donors (Lipinski definition) is 0. The Kier molecular flexibility index (Phi) is 3.50. The smallest absolute Gasteiger partial charge is 0.405 e. The molecule has 0 aromatic heterocycles. The summed E-state index contributed by atoms with van der Waals surface area (Å²) in [6, 6.07) is 12.1. The highest BCUT2D eigenvalue weighted by Crippen LogP contribution is 2.36. The molecule has 6 heteroatoms. The van der Waals surface area contributed by atoms with Gasteiger partial charge in [-0.1, -0.05) is 30.3 Å². The molecule has 2 rings (SSSR count). The van der Waals surface area contributed by atoms with Crippen molar-refractivity contribution >= 4 is 5.69 Å². The molecule has 0 amide bonds. The maximum Gasteiger partial charge on any atom is 0.573 e. The van der Waals surface area contributed by atoms with E-state index in [9.17, 15) is 18.1 Å². The van der Waals surface area contributed by atoms with Crippen LogP contribution in [0.1, 0.15) is 0 Å². The summed E-state index contributed by atoms with van der Waals surface area (Å²) in [5, 5.41) is 2.60. The van der Waals surface area contributed by atoms with Crippen molar-refractivity contribution in [1.29, 1.82) is 0 Å². The first-order valence-corrected chi connectivity index (χ1v) is 5.28. The van der Waals surface area contributed by atoms with Gasteiger partial charge in [-0.2, -0.15) is 0 Å². The second-order valence-electron chi connectivity index (χ2n) is 3.69. The summed E-state index contributed by atoms with van der Waals surface area (Å²) in [5.41, 5.74) is 0.670. The zero-order valence-electron chi connectivity index (χ0n) is 9.52. The molecule has 0 aliphatic carbocycles. The van der Waals surface area contributed by atoms with Crippen LogP contribution >= 0.6 is 0 Å². The molecule has 0 fully saturated rings. The summed E-state index contributed by atoms with van der Waals surface area (Å²) in [6.45, 7) is 0. The van der Waals surface area contributed by atoms with E-state index in [4.69, 9.17) is 0 Å². The first kappa shape index (κ1) is 13.1. The molecule has 0 saturated heterocycles. The Bertz CT molecular complexity index is 582. The zero-order chi connectivity index (χ0) is 13.9. The molecule has 0 radical (unpaired) electrons. The Hall–Kier alpha value is -2.37. The maximum absolute atomic E-state index is 12.3. The normalized spacial score (nSPS) is 11.1. The van der Waals surface area contributed by atoms with Gasteiger partial charge in [0.05, 0.1) is 0 Å². The number of nitroso groups, excluding NO2 is 1. The molecule has 2 aromatic rings. The molecule has 0 atom stereocenters. The minimum Gasteiger partial charge on any atom is -0.405 e. The van der Waals surface area contributed by atoms with Crippen LogP contribution in [0.4, 0.5) is 18.9 Å². The molecule has 0 N–H and O–H groups in total. The lowest BCUT2D eigenvalue weighted by Gasteiger charge is -2.13. The van der Waals surface area contributed by atoms with E-state index in [1.165, 1.54) is 12.1 Å². The molecule has 98 valence electrons. The second kappa shape index (κ2) is 5.09. The fraction of sp³-hybridized carbons (Fsp3) is 0.0769. The van der Waals surface area contributed by atoms with Crippen molar-refractivity contribution in [2.24, 2.45) is 5.18 Å². The van der Waals surface area contributed by atoms with Gasteiger partial charge >= 0.3 is 6.36 Å². The fourth-order valence-electron chi connectivity index (χ4n) is 1.63. The second-order valence-corrected chi connectivity index (χ2v) is 3.69. The standard InChI is InChI=1S/C13H8F3NO2/c14-13(15,16)19-12-8-10(17-18)6-7-11(12)9-4-2-1-3-5-9/h1-8H. The van der Waals surface area contributed by atoms with E-state index in [1.54, 1.807) is 30.3 Å². The molecule has 19 heavy (non-hydrogen) atoms. The van der Waals surface area contributed by atoms with Crippen LogP contribution in [-0.2, 0) is 0 Å². The highest BCUT2D eigenvalue weighted by Gasteiger charge is 2.32. The van der Waals surface area contributed by atoms with Crippen molar-refractivity contribution in [3.63, 3.8) is 0 Å². The lowest BCUT2D eigenvalue weighted by molar-refractivity contribution is -0.274. The number of ether oxygens (including phenoxy) is 1. The number of alkyl halides is 3. The Balaban J connectivity index is 2.51. The van der Waals surface area contributed by atoms with E-state index >= 15 is 0 Å². The van der Waals surface area contributed by atoms with Crippen LogP contribution in [0.2, 0.25) is 0 Å². The van der Waals surface area contributed by atoms with Crippen molar-refractivity contribution in [3.05, 3.63) is 53.4 Å². The number of benzene rings is 2. The average molecular weight is 267 g/mol. The predicted molar refractivity (Wildman–Crippen MR) is 64.0 cm³/mol. The lowest BCUT2D eigenvalue weighted by atomic mass is 10.0. The molecule has 0 spiro atoms. The largest absolute Gasteiger partial charge is 0.573 e. The molecule has 0 heterocycles. The van der Waals surface area contributed by atoms with Crippen molar-refractivity contribution in [1.82, 2.24) is 0 Å². The van der Waals surface area contributed by atoms with E-state index in [1.807, 2.05) is 0 Å². The van der Waals surface area contributed by atoms with Crippen LogP contribution in [0.15, 0.2) is 53.7 Å². The molecule has 0 aliphatic rings. The minimum atomic E-state index is -4.83. The average Bonchev–Trinajstić information content (AvgIpc) is 2.38. The number of rotatable bonds is 3. The number of nitrogens with zero attached hydrogens (tertiary/aromatic N) is 1. The van der Waals surface area contributed by atoms with Crippen LogP contribution in [0, 0.1) is 4.91 Å². The molecule has 0 bridgehead atoms. The summed E-state index contributed by atoms with van der Waals surface area (Å²) in [5.74, 6) is -0.448.